The van der Waals surface area contributed by atoms with Gasteiger partial charge in [-0.2, -0.15) is 0 Å². The second-order valence-electron chi connectivity index (χ2n) is 9.07. The van der Waals surface area contributed by atoms with Crippen LogP contribution < -0.4 is 10.1 Å². The number of methoxy groups -OCH3 is 1. The van der Waals surface area contributed by atoms with Crippen molar-refractivity contribution in [2.45, 2.75) is 51.1 Å². The van der Waals surface area contributed by atoms with Gasteiger partial charge in [-0.1, -0.05) is 0 Å². The van der Waals surface area contributed by atoms with Gasteiger partial charge in [-0.25, -0.2) is 17.7 Å². The molecule has 1 aliphatic rings. The molecule has 1 aliphatic heterocycles. The van der Waals surface area contributed by atoms with Crippen molar-refractivity contribution in [2.24, 2.45) is 0 Å². The molecule has 13 heteroatoms. The Kier molecular flexibility index (Phi) is 8.57. The molecular weight excluding hydrogens is 516 g/mol. The maximum Gasteiger partial charge on any atom is 0.309 e. The summed E-state index contributed by atoms with van der Waals surface area (Å²) in [5, 5.41) is 13.3. The highest BCUT2D eigenvalue weighted by Gasteiger charge is 2.26. The lowest BCUT2D eigenvalue weighted by Gasteiger charge is -2.20. The zero-order valence-electron chi connectivity index (χ0n) is 21.5. The number of amides is 1. The third-order valence-corrected chi connectivity index (χ3v) is 9.28. The lowest BCUT2D eigenvalue weighted by molar-refractivity contribution is 0.0914. The Morgan fingerprint density at radius 3 is 2.59 bits per heavy atom. The number of nitrogens with zero attached hydrogens (tertiary/aromatic N) is 5. The Hall–Kier alpha value is -2.87. The van der Waals surface area contributed by atoms with E-state index in [2.05, 4.69) is 25.4 Å². The van der Waals surface area contributed by atoms with E-state index >= 15 is 0 Å². The van der Waals surface area contributed by atoms with E-state index in [1.54, 1.807) is 33.1 Å². The number of benzene rings is 1. The first-order valence-corrected chi connectivity index (χ1v) is 14.4. The Balaban J connectivity index is 1.30. The summed E-state index contributed by atoms with van der Waals surface area (Å²) in [6, 6.07) is 3.38. The van der Waals surface area contributed by atoms with Gasteiger partial charge in [0.2, 0.25) is 15.9 Å². The Morgan fingerprint density at radius 2 is 1.92 bits per heavy atom. The minimum Gasteiger partial charge on any atom is -0.497 e. The van der Waals surface area contributed by atoms with E-state index in [0.717, 1.165) is 30.3 Å². The van der Waals surface area contributed by atoms with Crippen molar-refractivity contribution in [1.29, 1.82) is 0 Å². The number of carbonyl (C=O) groups is 1. The zero-order valence-corrected chi connectivity index (χ0v) is 23.1. The number of likely N-dealkylation sites (tertiary alicyclic amines) is 1. The number of hydrogen-bond donors (Lipinski definition) is 1. The largest absolute Gasteiger partial charge is 0.497 e. The second-order valence-corrected chi connectivity index (χ2v) is 12.0. The minimum atomic E-state index is -3.75. The van der Waals surface area contributed by atoms with Gasteiger partial charge in [0.1, 0.15) is 10.8 Å². The lowest BCUT2D eigenvalue weighted by Crippen LogP contribution is -2.30. The summed E-state index contributed by atoms with van der Waals surface area (Å²) < 4.78 is 38.3. The molecule has 1 fully saturated rings. The van der Waals surface area contributed by atoms with Gasteiger partial charge in [-0.3, -0.25) is 9.69 Å². The topological polar surface area (TPSA) is 131 Å². The molecule has 3 aromatic rings. The molecule has 0 radical (unpaired) electrons. The summed E-state index contributed by atoms with van der Waals surface area (Å²) in [5.41, 5.74) is 2.21. The van der Waals surface area contributed by atoms with Gasteiger partial charge >= 0.3 is 11.8 Å². The molecule has 0 bridgehead atoms. The van der Waals surface area contributed by atoms with Gasteiger partial charge in [-0.05, 0) is 63.0 Å². The molecule has 0 unspecified atom stereocenters. The van der Waals surface area contributed by atoms with Crippen molar-refractivity contribution in [2.75, 3.05) is 33.8 Å². The number of ether oxygens (including phenoxy) is 1. The van der Waals surface area contributed by atoms with Crippen molar-refractivity contribution >= 4 is 27.3 Å². The number of likely N-dealkylation sites (N-methyl/N-ethyl adjacent to an activating group) is 1. The van der Waals surface area contributed by atoms with Gasteiger partial charge in [0.15, 0.2) is 0 Å². The first kappa shape index (κ1) is 27.2. The molecule has 200 valence electrons. The average Bonchev–Trinajstić information content (AvgIpc) is 3.63. The van der Waals surface area contributed by atoms with E-state index in [-0.39, 0.29) is 36.2 Å². The fraction of sp³-hybridized carbons (Fsp3) is 0.500. The van der Waals surface area contributed by atoms with Crippen LogP contribution in [0.2, 0.25) is 0 Å². The SMILES string of the molecule is COc1cc(C)c(S(=O)(=O)N(C)CCc2nnc(C(=O)NCc3nc(CN4CCCC4)cs3)o2)c(C)c1. The molecular formula is C24H32N6O5S2. The zero-order chi connectivity index (χ0) is 26.6. The highest BCUT2D eigenvalue weighted by molar-refractivity contribution is 7.89. The number of rotatable bonds is 11. The summed E-state index contributed by atoms with van der Waals surface area (Å²) >= 11 is 1.50. The molecule has 1 saturated heterocycles. The van der Waals surface area contributed by atoms with Gasteiger partial charge in [0.25, 0.3) is 0 Å². The number of aryl methyl sites for hydroxylation is 2. The van der Waals surface area contributed by atoms with Crippen molar-refractivity contribution in [1.82, 2.24) is 29.7 Å². The maximum atomic E-state index is 13.2. The third-order valence-electron chi connectivity index (χ3n) is 6.22. The van der Waals surface area contributed by atoms with Crippen LogP contribution in [0, 0.1) is 13.8 Å². The molecule has 11 nitrogen and oxygen atoms in total. The Morgan fingerprint density at radius 1 is 1.22 bits per heavy atom. The second kappa shape index (κ2) is 11.7. The number of sulfonamides is 1. The van der Waals surface area contributed by atoms with Crippen LogP contribution in [-0.4, -0.2) is 72.5 Å². The monoisotopic (exact) mass is 548 g/mol. The quantitative estimate of drug-likeness (QED) is 0.384. The van der Waals surface area contributed by atoms with Crippen LogP contribution in [0.1, 0.15) is 51.2 Å². The van der Waals surface area contributed by atoms with Crippen LogP contribution in [0.3, 0.4) is 0 Å². The molecule has 4 rings (SSSR count). The van der Waals surface area contributed by atoms with E-state index < -0.39 is 15.9 Å². The fourth-order valence-electron chi connectivity index (χ4n) is 4.31. The van der Waals surface area contributed by atoms with Crippen LogP contribution in [0.25, 0.3) is 0 Å². The molecule has 1 N–H and O–H groups in total. The first-order valence-electron chi connectivity index (χ1n) is 12.0. The van der Waals surface area contributed by atoms with E-state index in [4.69, 9.17) is 9.15 Å². The van der Waals surface area contributed by atoms with Crippen LogP contribution in [0.4, 0.5) is 0 Å². The van der Waals surface area contributed by atoms with Gasteiger partial charge in [-0.15, -0.1) is 21.5 Å². The molecule has 0 spiro atoms. The molecule has 3 heterocycles. The number of carbonyl (C=O) groups excluding carboxylic acids is 1. The molecule has 2 aromatic heterocycles. The van der Waals surface area contributed by atoms with E-state index in [0.29, 0.717) is 16.9 Å². The average molecular weight is 549 g/mol. The third kappa shape index (κ3) is 6.53. The Bertz CT molecular complexity index is 1320. The highest BCUT2D eigenvalue weighted by atomic mass is 32.2. The number of nitrogens with one attached hydrogen (secondary N) is 1. The number of aromatic nitrogens is 3. The number of hydrogen-bond acceptors (Lipinski definition) is 10. The summed E-state index contributed by atoms with van der Waals surface area (Å²) in [7, 11) is -0.715. The highest BCUT2D eigenvalue weighted by Crippen LogP contribution is 2.28. The van der Waals surface area contributed by atoms with Gasteiger partial charge in [0, 0.05) is 31.9 Å². The van der Waals surface area contributed by atoms with Crippen molar-refractivity contribution in [3.63, 3.8) is 0 Å². The van der Waals surface area contributed by atoms with Crippen LogP contribution >= 0.6 is 11.3 Å². The van der Waals surface area contributed by atoms with Gasteiger partial charge in [0.05, 0.1) is 24.2 Å². The summed E-state index contributed by atoms with van der Waals surface area (Å²) in [6.07, 6.45) is 2.62. The maximum absolute atomic E-state index is 13.2. The van der Waals surface area contributed by atoms with Crippen LogP contribution in [-0.2, 0) is 29.5 Å². The lowest BCUT2D eigenvalue weighted by atomic mass is 10.1. The first-order chi connectivity index (χ1) is 17.7. The molecule has 1 amide bonds. The van der Waals surface area contributed by atoms with Gasteiger partial charge < -0.3 is 14.5 Å². The smallest absolute Gasteiger partial charge is 0.309 e. The van der Waals surface area contributed by atoms with E-state index in [1.807, 2.05) is 5.38 Å². The van der Waals surface area contributed by atoms with Crippen molar-refractivity contribution in [3.05, 3.63) is 51.1 Å². The fourth-order valence-corrected chi connectivity index (χ4v) is 6.61. The minimum absolute atomic E-state index is 0.107. The standard InChI is InChI=1S/C24H32N6O5S2/c1-16-11-19(34-4)12-17(2)22(16)37(32,33)29(3)10-7-20-27-28-24(35-20)23(31)25-13-21-26-18(15-36-21)14-30-8-5-6-9-30/h11-12,15H,5-10,13-14H2,1-4H3,(H,25,31). The molecule has 0 aliphatic carbocycles. The van der Waals surface area contributed by atoms with Crippen molar-refractivity contribution < 1.29 is 22.4 Å². The normalized spacial score (nSPS) is 14.4. The van der Waals surface area contributed by atoms with Crippen LogP contribution in [0.5, 0.6) is 5.75 Å². The Labute approximate surface area is 220 Å². The number of thiazole rings is 1. The predicted octanol–water partition coefficient (Wildman–Crippen LogP) is 2.54. The molecule has 1 aromatic carbocycles. The molecule has 0 atom stereocenters. The van der Waals surface area contributed by atoms with E-state index in [1.165, 1.54) is 35.5 Å². The molecule has 0 saturated carbocycles. The summed E-state index contributed by atoms with van der Waals surface area (Å²) in [5.74, 6) is 0.111. The van der Waals surface area contributed by atoms with E-state index in [9.17, 15) is 13.2 Å². The predicted molar refractivity (Wildman–Crippen MR) is 138 cm³/mol. The van der Waals surface area contributed by atoms with Crippen molar-refractivity contribution in [3.8, 4) is 5.75 Å². The summed E-state index contributed by atoms with van der Waals surface area (Å²) in [6.45, 7) is 6.88. The van der Waals surface area contributed by atoms with Crippen LogP contribution in [0.15, 0.2) is 26.8 Å². The molecule has 37 heavy (non-hydrogen) atoms. The summed E-state index contributed by atoms with van der Waals surface area (Å²) in [4.78, 5) is 19.7.